The first-order chi connectivity index (χ1) is 8.56. The van der Waals surface area contributed by atoms with Crippen molar-refractivity contribution in [2.45, 2.75) is 19.1 Å². The molecule has 0 spiro atoms. The quantitative estimate of drug-likeness (QED) is 0.593. The Kier molecular flexibility index (Phi) is 3.30. The van der Waals surface area contributed by atoms with Crippen molar-refractivity contribution in [1.29, 1.82) is 0 Å². The van der Waals surface area contributed by atoms with E-state index in [1.165, 1.54) is 17.9 Å². The molecule has 18 heavy (non-hydrogen) atoms. The fourth-order valence-corrected chi connectivity index (χ4v) is 1.76. The number of hydrogen-bond donors (Lipinski definition) is 3. The van der Waals surface area contributed by atoms with E-state index in [9.17, 15) is 14.7 Å². The van der Waals surface area contributed by atoms with Crippen LogP contribution in [0.25, 0.3) is 11.2 Å². The fourth-order valence-electron chi connectivity index (χ4n) is 1.76. The second kappa shape index (κ2) is 4.75. The van der Waals surface area contributed by atoms with Gasteiger partial charge in [0.05, 0.1) is 19.0 Å². The second-order valence-corrected chi connectivity index (χ2v) is 4.02. The van der Waals surface area contributed by atoms with E-state index in [4.69, 9.17) is 5.11 Å². The highest BCUT2D eigenvalue weighted by molar-refractivity contribution is 5.68. The highest BCUT2D eigenvalue weighted by Crippen LogP contribution is 2.00. The fraction of sp³-hybridized carbons (Fsp3) is 0.500. The number of H-pyrrole nitrogens is 1. The van der Waals surface area contributed by atoms with Crippen LogP contribution in [0.15, 0.2) is 15.9 Å². The minimum absolute atomic E-state index is 0.0438. The third kappa shape index (κ3) is 1.95. The van der Waals surface area contributed by atoms with Gasteiger partial charge in [-0.3, -0.25) is 13.9 Å². The number of aliphatic hydroxyl groups is 2. The molecular formula is C10H14N4O4. The van der Waals surface area contributed by atoms with E-state index in [1.807, 2.05) is 0 Å². The molecule has 0 amide bonds. The maximum atomic E-state index is 12.0. The first kappa shape index (κ1) is 12.5. The first-order valence-corrected chi connectivity index (χ1v) is 5.48. The van der Waals surface area contributed by atoms with Crippen LogP contribution in [0.3, 0.4) is 0 Å². The van der Waals surface area contributed by atoms with Gasteiger partial charge in [0.1, 0.15) is 5.52 Å². The number of imidazole rings is 1. The smallest absolute Gasteiger partial charge is 0.332 e. The van der Waals surface area contributed by atoms with Crippen molar-refractivity contribution in [2.24, 2.45) is 7.05 Å². The molecule has 2 heterocycles. The number of fused-ring (bicyclic) bond motifs is 1. The van der Waals surface area contributed by atoms with Crippen LogP contribution >= 0.6 is 0 Å². The number of aliphatic hydroxyl groups excluding tert-OH is 2. The van der Waals surface area contributed by atoms with E-state index < -0.39 is 24.0 Å². The predicted molar refractivity (Wildman–Crippen MR) is 63.3 cm³/mol. The van der Waals surface area contributed by atoms with Gasteiger partial charge in [-0.25, -0.2) is 9.78 Å². The molecule has 0 saturated carbocycles. The van der Waals surface area contributed by atoms with E-state index in [0.717, 1.165) is 4.57 Å². The monoisotopic (exact) mass is 254 g/mol. The predicted octanol–water partition coefficient (Wildman–Crippen LogP) is -1.83. The number of nitrogens with one attached hydrogen (secondary N) is 1. The average Bonchev–Trinajstić information content (AvgIpc) is 2.85. The van der Waals surface area contributed by atoms with Gasteiger partial charge in [0.25, 0.3) is 5.56 Å². The van der Waals surface area contributed by atoms with Crippen molar-refractivity contribution in [2.75, 3.05) is 6.61 Å². The highest BCUT2D eigenvalue weighted by atomic mass is 16.3. The molecule has 0 aromatic carbocycles. The van der Waals surface area contributed by atoms with Crippen LogP contribution in [0, 0.1) is 0 Å². The Bertz CT molecular complexity index is 669. The Morgan fingerprint density at radius 1 is 1.50 bits per heavy atom. The summed E-state index contributed by atoms with van der Waals surface area (Å²) in [7, 11) is 1.52. The van der Waals surface area contributed by atoms with E-state index in [2.05, 4.69) is 9.97 Å². The third-order valence-corrected chi connectivity index (χ3v) is 2.81. The van der Waals surface area contributed by atoms with Gasteiger partial charge in [-0.2, -0.15) is 0 Å². The minimum Gasteiger partial charge on any atom is -0.394 e. The average molecular weight is 254 g/mol. The van der Waals surface area contributed by atoms with Crippen LogP contribution in [-0.4, -0.2) is 42.0 Å². The lowest BCUT2D eigenvalue weighted by atomic mass is 10.2. The SMILES string of the molecule is Cn1c(=O)n(CCC(O)CO)c(=O)c2[nH]cnc21. The van der Waals surface area contributed by atoms with Gasteiger partial charge in [-0.15, -0.1) is 0 Å². The zero-order valence-corrected chi connectivity index (χ0v) is 9.83. The molecule has 8 nitrogen and oxygen atoms in total. The number of aromatic nitrogens is 4. The molecule has 2 rings (SSSR count). The molecule has 0 aliphatic rings. The molecule has 98 valence electrons. The first-order valence-electron chi connectivity index (χ1n) is 5.48. The van der Waals surface area contributed by atoms with Gasteiger partial charge in [0.2, 0.25) is 0 Å². The number of nitrogens with zero attached hydrogens (tertiary/aromatic N) is 3. The number of aryl methyl sites for hydroxylation is 1. The summed E-state index contributed by atoms with van der Waals surface area (Å²) in [4.78, 5) is 30.5. The summed E-state index contributed by atoms with van der Waals surface area (Å²) in [5.41, 5.74) is -0.431. The molecule has 0 aliphatic carbocycles. The van der Waals surface area contributed by atoms with Gasteiger partial charge in [-0.05, 0) is 6.42 Å². The van der Waals surface area contributed by atoms with E-state index in [1.54, 1.807) is 0 Å². The van der Waals surface area contributed by atoms with Gasteiger partial charge < -0.3 is 15.2 Å². The standard InChI is InChI=1S/C10H14N4O4/c1-13-8-7(11-5-12-8)9(17)14(10(13)18)3-2-6(16)4-15/h5-6,15-16H,2-4H2,1H3,(H,11,12). The lowest BCUT2D eigenvalue weighted by Crippen LogP contribution is -2.40. The van der Waals surface area contributed by atoms with E-state index in [0.29, 0.717) is 5.65 Å². The molecule has 0 fully saturated rings. The van der Waals surface area contributed by atoms with Crippen LogP contribution < -0.4 is 11.2 Å². The lowest BCUT2D eigenvalue weighted by Gasteiger charge is -2.10. The third-order valence-electron chi connectivity index (χ3n) is 2.81. The Morgan fingerprint density at radius 2 is 2.22 bits per heavy atom. The molecule has 8 heteroatoms. The van der Waals surface area contributed by atoms with Gasteiger partial charge in [-0.1, -0.05) is 0 Å². The topological polar surface area (TPSA) is 113 Å². The van der Waals surface area contributed by atoms with Gasteiger partial charge >= 0.3 is 5.69 Å². The second-order valence-electron chi connectivity index (χ2n) is 4.02. The van der Waals surface area contributed by atoms with Crippen LogP contribution in [0.2, 0.25) is 0 Å². The van der Waals surface area contributed by atoms with Crippen molar-refractivity contribution >= 4 is 11.2 Å². The molecule has 3 N–H and O–H groups in total. The maximum absolute atomic E-state index is 12.0. The summed E-state index contributed by atoms with van der Waals surface area (Å²) in [6, 6.07) is 0. The van der Waals surface area contributed by atoms with Crippen molar-refractivity contribution in [1.82, 2.24) is 19.1 Å². The molecule has 2 aromatic heterocycles. The van der Waals surface area contributed by atoms with Crippen molar-refractivity contribution in [3.8, 4) is 0 Å². The molecule has 2 aromatic rings. The Balaban J connectivity index is 2.50. The highest BCUT2D eigenvalue weighted by Gasteiger charge is 2.13. The van der Waals surface area contributed by atoms with Crippen molar-refractivity contribution in [3.63, 3.8) is 0 Å². The molecule has 0 bridgehead atoms. The van der Waals surface area contributed by atoms with Crippen LogP contribution in [0.4, 0.5) is 0 Å². The van der Waals surface area contributed by atoms with E-state index >= 15 is 0 Å². The summed E-state index contributed by atoms with van der Waals surface area (Å²) < 4.78 is 2.28. The number of hydrogen-bond acceptors (Lipinski definition) is 5. The zero-order chi connectivity index (χ0) is 13.3. The zero-order valence-electron chi connectivity index (χ0n) is 9.83. The Hall–Kier alpha value is -1.93. The summed E-state index contributed by atoms with van der Waals surface area (Å²) >= 11 is 0. The Labute approximate surface area is 101 Å². The lowest BCUT2D eigenvalue weighted by molar-refractivity contribution is 0.0840. The molecule has 0 radical (unpaired) electrons. The normalized spacial score (nSPS) is 13.1. The summed E-state index contributed by atoms with van der Waals surface area (Å²) in [5.74, 6) is 0. The van der Waals surface area contributed by atoms with Crippen LogP contribution in [-0.2, 0) is 13.6 Å². The maximum Gasteiger partial charge on any atom is 0.332 e. The number of rotatable bonds is 4. The molecule has 1 atom stereocenters. The van der Waals surface area contributed by atoms with Crippen molar-refractivity contribution in [3.05, 3.63) is 27.2 Å². The summed E-state index contributed by atoms with van der Waals surface area (Å²) in [6.45, 7) is -0.358. The van der Waals surface area contributed by atoms with E-state index in [-0.39, 0.29) is 18.5 Å². The largest absolute Gasteiger partial charge is 0.394 e. The summed E-state index contributed by atoms with van der Waals surface area (Å²) in [5, 5.41) is 18.0. The molecule has 0 saturated heterocycles. The van der Waals surface area contributed by atoms with Crippen LogP contribution in [0.5, 0.6) is 0 Å². The molecular weight excluding hydrogens is 240 g/mol. The van der Waals surface area contributed by atoms with Crippen molar-refractivity contribution < 1.29 is 10.2 Å². The number of aromatic amines is 1. The summed E-state index contributed by atoms with van der Waals surface area (Å²) in [6.07, 6.45) is 0.531. The minimum atomic E-state index is -0.945. The van der Waals surface area contributed by atoms with Crippen LogP contribution in [0.1, 0.15) is 6.42 Å². The van der Waals surface area contributed by atoms with Gasteiger partial charge in [0, 0.05) is 13.6 Å². The van der Waals surface area contributed by atoms with Gasteiger partial charge in [0.15, 0.2) is 5.65 Å². The Morgan fingerprint density at radius 3 is 2.89 bits per heavy atom. The molecule has 0 aliphatic heterocycles. The molecule has 1 unspecified atom stereocenters.